The minimum atomic E-state index is -0.201. The second kappa shape index (κ2) is 12.9. The molecule has 0 atom stereocenters. The highest BCUT2D eigenvalue weighted by Crippen LogP contribution is 2.57. The Morgan fingerprint density at radius 3 is 1.36 bits per heavy atom. The van der Waals surface area contributed by atoms with Crippen LogP contribution in [0.2, 0.25) is 0 Å². The molecule has 0 radical (unpaired) electrons. The van der Waals surface area contributed by atoms with Gasteiger partial charge in [0.05, 0.1) is 37.0 Å². The van der Waals surface area contributed by atoms with Crippen LogP contribution in [-0.4, -0.2) is 14.2 Å². The van der Waals surface area contributed by atoms with Gasteiger partial charge in [-0.3, -0.25) is 0 Å². The lowest BCUT2D eigenvalue weighted by Gasteiger charge is -2.34. The maximum absolute atomic E-state index is 6.08. The van der Waals surface area contributed by atoms with E-state index >= 15 is 0 Å². The van der Waals surface area contributed by atoms with E-state index in [1.807, 2.05) is 24.3 Å². The van der Waals surface area contributed by atoms with Crippen molar-refractivity contribution in [2.24, 2.45) is 0 Å². The summed E-state index contributed by atoms with van der Waals surface area (Å²) < 4.78 is 12.2. The smallest absolute Gasteiger partial charge is 0.142 e. The second-order valence-corrected chi connectivity index (χ2v) is 14.0. The average molecular weight is 689 g/mol. The second-order valence-electron chi connectivity index (χ2n) is 14.0. The molecule has 0 N–H and O–H groups in total. The molecule has 0 bridgehead atoms. The molecule has 0 heterocycles. The Bertz CT molecular complexity index is 2630. The zero-order chi connectivity index (χ0) is 36.1. The molecule has 8 aromatic carbocycles. The van der Waals surface area contributed by atoms with Crippen molar-refractivity contribution in [1.82, 2.24) is 0 Å². The van der Waals surface area contributed by atoms with Gasteiger partial charge < -0.3 is 19.3 Å². The Labute approximate surface area is 311 Å². The third-order valence-electron chi connectivity index (χ3n) is 10.8. The Balaban J connectivity index is 1.51. The van der Waals surface area contributed by atoms with Gasteiger partial charge in [-0.2, -0.15) is 0 Å². The highest BCUT2D eigenvalue weighted by Gasteiger charge is 2.37. The molecule has 0 saturated carbocycles. The molecule has 0 amide bonds. The van der Waals surface area contributed by atoms with Crippen molar-refractivity contribution in [3.63, 3.8) is 0 Å². The molecular weight excluding hydrogens is 649 g/mol. The summed E-state index contributed by atoms with van der Waals surface area (Å²) >= 11 is 0. The minimum absolute atomic E-state index is 0.201. The van der Waals surface area contributed by atoms with E-state index in [0.717, 1.165) is 67.2 Å². The van der Waals surface area contributed by atoms with Crippen molar-refractivity contribution in [3.8, 4) is 22.6 Å². The van der Waals surface area contributed by atoms with Gasteiger partial charge in [-0.05, 0) is 82.9 Å². The summed E-state index contributed by atoms with van der Waals surface area (Å²) in [7, 11) is 3.50. The lowest BCUT2D eigenvalue weighted by molar-refractivity contribution is 0.416. The number of para-hydroxylation sites is 6. The Morgan fingerprint density at radius 1 is 0.396 bits per heavy atom. The summed E-state index contributed by atoms with van der Waals surface area (Å²) in [5.74, 6) is 1.59. The van der Waals surface area contributed by atoms with E-state index in [9.17, 15) is 0 Å². The average Bonchev–Trinajstić information content (AvgIpc) is 3.44. The van der Waals surface area contributed by atoms with E-state index in [4.69, 9.17) is 9.47 Å². The normalized spacial score (nSPS) is 12.7. The summed E-state index contributed by atoms with van der Waals surface area (Å²) in [5.41, 5.74) is 11.2. The molecule has 258 valence electrons. The number of anilines is 6. The van der Waals surface area contributed by atoms with Gasteiger partial charge in [-0.15, -0.1) is 0 Å². The molecular formula is C49H40N2O2. The van der Waals surface area contributed by atoms with Crippen molar-refractivity contribution < 1.29 is 9.47 Å². The molecule has 53 heavy (non-hydrogen) atoms. The van der Waals surface area contributed by atoms with Crippen LogP contribution in [0.4, 0.5) is 34.1 Å². The van der Waals surface area contributed by atoms with Crippen LogP contribution >= 0.6 is 0 Å². The number of methoxy groups -OCH3 is 2. The largest absolute Gasteiger partial charge is 0.495 e. The van der Waals surface area contributed by atoms with Gasteiger partial charge in [-0.25, -0.2) is 0 Å². The Kier molecular flexibility index (Phi) is 7.89. The number of hydrogen-bond donors (Lipinski definition) is 0. The van der Waals surface area contributed by atoms with Crippen LogP contribution in [0, 0.1) is 0 Å². The van der Waals surface area contributed by atoms with Crippen molar-refractivity contribution in [3.05, 3.63) is 181 Å². The van der Waals surface area contributed by atoms with E-state index in [0.29, 0.717) is 0 Å². The van der Waals surface area contributed by atoms with Gasteiger partial charge in [-0.1, -0.05) is 123 Å². The Morgan fingerprint density at radius 2 is 0.830 bits per heavy atom. The van der Waals surface area contributed by atoms with E-state index in [2.05, 4.69) is 169 Å². The highest BCUT2D eigenvalue weighted by atomic mass is 16.5. The maximum atomic E-state index is 6.08. The molecule has 0 saturated heterocycles. The van der Waals surface area contributed by atoms with Crippen LogP contribution < -0.4 is 19.3 Å². The van der Waals surface area contributed by atoms with E-state index in [1.54, 1.807) is 14.2 Å². The number of hydrogen-bond acceptors (Lipinski definition) is 4. The summed E-state index contributed by atoms with van der Waals surface area (Å²) in [6.45, 7) is 4.71. The number of nitrogens with zero attached hydrogens (tertiary/aromatic N) is 2. The summed E-state index contributed by atoms with van der Waals surface area (Å²) in [6, 6.07) is 60.5. The van der Waals surface area contributed by atoms with Gasteiger partial charge in [0.25, 0.3) is 0 Å². The standard InChI is InChI=1S/C49H40N2O2/c1-49(2)41-26-14-13-23-35(41)38-31-39-40(32-42(38)49)48(51(34-21-9-6-10-22-34)44-28-16-18-30-46(44)53-4)37-25-12-11-24-36(37)47(39)50(33-19-7-5-8-20-33)43-27-15-17-29-45(43)52-3/h5-32H,1-4H3. The van der Waals surface area contributed by atoms with Gasteiger partial charge >= 0.3 is 0 Å². The molecule has 0 aromatic heterocycles. The lowest BCUT2D eigenvalue weighted by atomic mass is 9.81. The summed E-state index contributed by atoms with van der Waals surface area (Å²) in [6.07, 6.45) is 0. The third-order valence-corrected chi connectivity index (χ3v) is 10.8. The molecule has 1 aliphatic rings. The lowest BCUT2D eigenvalue weighted by Crippen LogP contribution is -2.17. The van der Waals surface area contributed by atoms with Crippen molar-refractivity contribution in [2.75, 3.05) is 24.0 Å². The molecule has 0 aliphatic heterocycles. The number of benzene rings is 8. The predicted molar refractivity (Wildman–Crippen MR) is 221 cm³/mol. The van der Waals surface area contributed by atoms with Crippen molar-refractivity contribution in [2.45, 2.75) is 19.3 Å². The van der Waals surface area contributed by atoms with Crippen LogP contribution in [0.1, 0.15) is 25.0 Å². The van der Waals surface area contributed by atoms with E-state index < -0.39 is 0 Å². The molecule has 0 spiro atoms. The van der Waals surface area contributed by atoms with Crippen LogP contribution in [0.3, 0.4) is 0 Å². The fourth-order valence-corrected chi connectivity index (χ4v) is 8.37. The molecule has 0 unspecified atom stereocenters. The predicted octanol–water partition coefficient (Wildman–Crippen LogP) is 13.3. The monoisotopic (exact) mass is 688 g/mol. The first-order valence-corrected chi connectivity index (χ1v) is 18.1. The fraction of sp³-hybridized carbons (Fsp3) is 0.102. The third kappa shape index (κ3) is 5.13. The molecule has 8 aromatic rings. The zero-order valence-electron chi connectivity index (χ0n) is 30.4. The molecule has 1 aliphatic carbocycles. The first-order chi connectivity index (χ1) is 26.0. The van der Waals surface area contributed by atoms with Crippen LogP contribution in [-0.2, 0) is 5.41 Å². The van der Waals surface area contributed by atoms with E-state index in [-0.39, 0.29) is 5.41 Å². The summed E-state index contributed by atoms with van der Waals surface area (Å²) in [5, 5.41) is 4.51. The van der Waals surface area contributed by atoms with Crippen LogP contribution in [0.25, 0.3) is 32.7 Å². The van der Waals surface area contributed by atoms with Gasteiger partial charge in [0.1, 0.15) is 11.5 Å². The minimum Gasteiger partial charge on any atom is -0.495 e. The maximum Gasteiger partial charge on any atom is 0.142 e. The fourth-order valence-electron chi connectivity index (χ4n) is 8.37. The van der Waals surface area contributed by atoms with Crippen LogP contribution in [0.15, 0.2) is 170 Å². The SMILES string of the molecule is COc1ccccc1N(c1ccccc1)c1c2ccccc2c(N(c2ccccc2)c2ccccc2OC)c2cc3c(cc12)-c1ccccc1C3(C)C. The number of rotatable bonds is 8. The molecule has 4 nitrogen and oxygen atoms in total. The first-order valence-electron chi connectivity index (χ1n) is 18.1. The van der Waals surface area contributed by atoms with Crippen LogP contribution in [0.5, 0.6) is 11.5 Å². The first kappa shape index (κ1) is 32.4. The molecule has 4 heteroatoms. The van der Waals surface area contributed by atoms with Gasteiger partial charge in [0, 0.05) is 38.3 Å². The molecule has 0 fully saturated rings. The van der Waals surface area contributed by atoms with E-state index in [1.165, 1.54) is 22.3 Å². The topological polar surface area (TPSA) is 24.9 Å². The number of ether oxygens (including phenoxy) is 2. The quantitative estimate of drug-likeness (QED) is 0.117. The van der Waals surface area contributed by atoms with Gasteiger partial charge in [0.2, 0.25) is 0 Å². The van der Waals surface area contributed by atoms with Crippen molar-refractivity contribution >= 4 is 55.7 Å². The zero-order valence-corrected chi connectivity index (χ0v) is 30.4. The van der Waals surface area contributed by atoms with Crippen molar-refractivity contribution in [1.29, 1.82) is 0 Å². The molecule has 9 rings (SSSR count). The number of fused-ring (bicyclic) bond motifs is 5. The summed E-state index contributed by atoms with van der Waals surface area (Å²) in [4.78, 5) is 4.76. The van der Waals surface area contributed by atoms with Gasteiger partial charge in [0.15, 0.2) is 0 Å². The highest BCUT2D eigenvalue weighted by molar-refractivity contribution is 6.24. The Hall–Kier alpha value is -6.52.